The molecule has 2 saturated heterocycles. The Morgan fingerprint density at radius 1 is 0.382 bits per heavy atom. The van der Waals surface area contributed by atoms with Crippen LogP contribution in [0.4, 0.5) is 0 Å². The molecule has 14 heteroatoms. The zero-order chi connectivity index (χ0) is 55.1. The van der Waals surface area contributed by atoms with E-state index in [0.717, 1.165) is 44.9 Å². The normalized spacial score (nSPS) is 24.3. The molecule has 0 radical (unpaired) electrons. The lowest BCUT2D eigenvalue weighted by molar-refractivity contribution is -0.332. The van der Waals surface area contributed by atoms with Crippen LogP contribution in [0.25, 0.3) is 0 Å². The van der Waals surface area contributed by atoms with Crippen molar-refractivity contribution in [2.75, 3.05) is 33.0 Å². The van der Waals surface area contributed by atoms with E-state index in [9.17, 15) is 40.5 Å². The summed E-state index contributed by atoms with van der Waals surface area (Å²) in [4.78, 5) is 13.1. The summed E-state index contributed by atoms with van der Waals surface area (Å²) in [5.74, 6) is -0.365. The van der Waals surface area contributed by atoms with Crippen molar-refractivity contribution in [2.24, 2.45) is 0 Å². The zero-order valence-corrected chi connectivity index (χ0v) is 48.8. The van der Waals surface area contributed by atoms with E-state index in [1.54, 1.807) is 0 Å². The van der Waals surface area contributed by atoms with Gasteiger partial charge in [0, 0.05) is 13.0 Å². The molecule has 0 aromatic carbocycles. The summed E-state index contributed by atoms with van der Waals surface area (Å²) in [5.41, 5.74) is 0. The first kappa shape index (κ1) is 71.1. The van der Waals surface area contributed by atoms with Gasteiger partial charge in [-0.3, -0.25) is 4.79 Å². The van der Waals surface area contributed by atoms with E-state index in [-0.39, 0.29) is 25.6 Å². The van der Waals surface area contributed by atoms with E-state index < -0.39 is 80.7 Å². The summed E-state index contributed by atoms with van der Waals surface area (Å²) in [6, 6.07) is 0. The largest absolute Gasteiger partial charge is 0.457 e. The molecule has 7 N–H and O–H groups in total. The topological polar surface area (TPSA) is 214 Å². The summed E-state index contributed by atoms with van der Waals surface area (Å²) in [6.45, 7) is 3.78. The molecule has 0 aromatic rings. The number of ether oxygens (including phenoxy) is 6. The van der Waals surface area contributed by atoms with Crippen LogP contribution in [-0.4, -0.2) is 142 Å². The van der Waals surface area contributed by atoms with E-state index >= 15 is 0 Å². The molecule has 0 aromatic heterocycles. The van der Waals surface area contributed by atoms with Gasteiger partial charge in [-0.2, -0.15) is 0 Å². The summed E-state index contributed by atoms with van der Waals surface area (Å²) < 4.78 is 34.5. The van der Waals surface area contributed by atoms with Gasteiger partial charge in [0.2, 0.25) is 0 Å². The van der Waals surface area contributed by atoms with Crippen molar-refractivity contribution >= 4 is 5.97 Å². The molecule has 452 valence electrons. The number of hydrogen-bond donors (Lipinski definition) is 7. The van der Waals surface area contributed by atoms with Gasteiger partial charge in [-0.25, -0.2) is 0 Å². The van der Waals surface area contributed by atoms with Crippen molar-refractivity contribution in [1.82, 2.24) is 0 Å². The second-order valence-corrected chi connectivity index (χ2v) is 23.0. The van der Waals surface area contributed by atoms with E-state index in [4.69, 9.17) is 28.4 Å². The second-order valence-electron chi connectivity index (χ2n) is 23.0. The van der Waals surface area contributed by atoms with E-state index in [0.29, 0.717) is 6.61 Å². The average Bonchev–Trinajstić information content (AvgIpc) is 3.42. The van der Waals surface area contributed by atoms with Crippen LogP contribution in [0, 0.1) is 0 Å². The number of hydrogen-bond acceptors (Lipinski definition) is 14. The number of rotatable bonds is 54. The van der Waals surface area contributed by atoms with Gasteiger partial charge in [-0.1, -0.05) is 271 Å². The van der Waals surface area contributed by atoms with Crippen molar-refractivity contribution in [3.8, 4) is 0 Å². The van der Waals surface area contributed by atoms with Gasteiger partial charge >= 0.3 is 5.97 Å². The fourth-order valence-electron chi connectivity index (χ4n) is 10.7. The molecule has 0 amide bonds. The van der Waals surface area contributed by atoms with Crippen molar-refractivity contribution in [3.63, 3.8) is 0 Å². The van der Waals surface area contributed by atoms with Gasteiger partial charge in [0.1, 0.15) is 54.9 Å². The molecule has 11 unspecified atom stereocenters. The van der Waals surface area contributed by atoms with Crippen LogP contribution in [0.1, 0.15) is 290 Å². The molecular weight excluding hydrogens is 969 g/mol. The van der Waals surface area contributed by atoms with Crippen molar-refractivity contribution in [2.45, 2.75) is 357 Å². The molecule has 2 fully saturated rings. The van der Waals surface area contributed by atoms with E-state index in [1.807, 2.05) is 0 Å². The number of esters is 1. The van der Waals surface area contributed by atoms with Crippen LogP contribution in [-0.2, 0) is 33.2 Å². The first-order valence-electron chi connectivity index (χ1n) is 32.1. The fraction of sp³-hybridized carbons (Fsp3) is 0.984. The second kappa shape index (κ2) is 49.8. The summed E-state index contributed by atoms with van der Waals surface area (Å²) in [7, 11) is 0. The highest BCUT2D eigenvalue weighted by molar-refractivity contribution is 5.69. The SMILES string of the molecule is CCCCCCCCCCCCCCCCCCCCCCCCOCC(COC1OC(COC2OC(CO)C(O)C(O)C2O)C(O)C(O)C1O)OC(=O)CCCCCCCCCCCCCCCCCCCCCC. The average molecular weight is 1090 g/mol. The molecule has 2 heterocycles. The smallest absolute Gasteiger partial charge is 0.306 e. The molecule has 2 aliphatic rings. The summed E-state index contributed by atoms with van der Waals surface area (Å²) >= 11 is 0. The van der Waals surface area contributed by atoms with Crippen LogP contribution >= 0.6 is 0 Å². The highest BCUT2D eigenvalue weighted by Gasteiger charge is 2.47. The van der Waals surface area contributed by atoms with Gasteiger partial charge < -0.3 is 64.2 Å². The number of unbranched alkanes of at least 4 members (excludes halogenated alkanes) is 40. The van der Waals surface area contributed by atoms with Crippen molar-refractivity contribution < 1.29 is 69.0 Å². The number of aliphatic hydroxyl groups is 7. The Morgan fingerprint density at radius 2 is 0.697 bits per heavy atom. The first-order chi connectivity index (χ1) is 37.1. The molecule has 14 nitrogen and oxygen atoms in total. The minimum absolute atomic E-state index is 0.0713. The fourth-order valence-corrected chi connectivity index (χ4v) is 10.7. The lowest BCUT2D eigenvalue weighted by atomic mass is 9.98. The predicted molar refractivity (Wildman–Crippen MR) is 303 cm³/mol. The minimum atomic E-state index is -1.70. The Labute approximate surface area is 463 Å². The lowest BCUT2D eigenvalue weighted by Crippen LogP contribution is -2.61. The van der Waals surface area contributed by atoms with Crippen LogP contribution in [0.15, 0.2) is 0 Å². The number of aliphatic hydroxyl groups excluding tert-OH is 7. The number of carbonyl (C=O) groups is 1. The van der Waals surface area contributed by atoms with Gasteiger partial charge in [0.25, 0.3) is 0 Å². The number of carbonyl (C=O) groups excluding carboxylic acids is 1. The van der Waals surface area contributed by atoms with Gasteiger partial charge in [-0.15, -0.1) is 0 Å². The third-order valence-electron chi connectivity index (χ3n) is 15.9. The maximum absolute atomic E-state index is 13.1. The Kier molecular flexibility index (Phi) is 46.6. The molecule has 76 heavy (non-hydrogen) atoms. The highest BCUT2D eigenvalue weighted by atomic mass is 16.7. The Bertz CT molecular complexity index is 1260. The molecule has 2 aliphatic heterocycles. The van der Waals surface area contributed by atoms with Crippen LogP contribution in [0.3, 0.4) is 0 Å². The minimum Gasteiger partial charge on any atom is -0.457 e. The molecule has 0 saturated carbocycles. The Balaban J connectivity index is 1.66. The molecular formula is C62H120O14. The van der Waals surface area contributed by atoms with Gasteiger partial charge in [-0.05, 0) is 12.8 Å². The van der Waals surface area contributed by atoms with Crippen LogP contribution < -0.4 is 0 Å². The van der Waals surface area contributed by atoms with Gasteiger partial charge in [0.15, 0.2) is 12.6 Å². The Hall–Kier alpha value is -1.01. The van der Waals surface area contributed by atoms with Crippen LogP contribution in [0.2, 0.25) is 0 Å². The highest BCUT2D eigenvalue weighted by Crippen LogP contribution is 2.27. The zero-order valence-electron chi connectivity index (χ0n) is 48.8. The predicted octanol–water partition coefficient (Wildman–Crippen LogP) is 12.4. The molecule has 0 aliphatic carbocycles. The Morgan fingerprint density at radius 3 is 1.07 bits per heavy atom. The third-order valence-corrected chi connectivity index (χ3v) is 15.9. The van der Waals surface area contributed by atoms with Crippen molar-refractivity contribution in [3.05, 3.63) is 0 Å². The lowest BCUT2D eigenvalue weighted by Gasteiger charge is -2.42. The standard InChI is InChI=1S/C62H120O14/c1-3-5-7-9-11-13-15-17-19-21-23-25-26-28-30-32-34-36-38-40-42-44-46-71-48-51(74-54(64)45-43-41-39-37-35-33-31-29-27-24-22-20-18-16-14-12-10-8-6-4-2)49-72-61-60(70)58(68)56(66)53(76-61)50-73-62-59(69)57(67)55(65)52(47-63)75-62/h51-53,55-63,65-70H,3-50H2,1-2H3. The molecule has 2 rings (SSSR count). The molecule has 0 bridgehead atoms. The van der Waals surface area contributed by atoms with Gasteiger partial charge in [0.05, 0.1) is 26.4 Å². The third kappa shape index (κ3) is 35.7. The molecule has 11 atom stereocenters. The van der Waals surface area contributed by atoms with E-state index in [2.05, 4.69) is 13.8 Å². The van der Waals surface area contributed by atoms with Crippen molar-refractivity contribution in [1.29, 1.82) is 0 Å². The van der Waals surface area contributed by atoms with E-state index in [1.165, 1.54) is 225 Å². The maximum Gasteiger partial charge on any atom is 0.306 e. The van der Waals surface area contributed by atoms with Crippen LogP contribution in [0.5, 0.6) is 0 Å². The summed E-state index contributed by atoms with van der Waals surface area (Å²) in [6.07, 6.45) is 38.8. The maximum atomic E-state index is 13.1. The summed E-state index contributed by atoms with van der Waals surface area (Å²) in [5, 5.41) is 72.5. The first-order valence-corrected chi connectivity index (χ1v) is 32.1. The molecule has 0 spiro atoms. The quantitative estimate of drug-likeness (QED) is 0.0223. The monoisotopic (exact) mass is 1090 g/mol.